The summed E-state index contributed by atoms with van der Waals surface area (Å²) >= 11 is 13.8. The third-order valence-electron chi connectivity index (χ3n) is 4.03. The third-order valence-corrected chi connectivity index (χ3v) is 5.68. The Morgan fingerprint density at radius 1 is 1.26 bits per heavy atom. The van der Waals surface area contributed by atoms with E-state index in [9.17, 15) is 4.79 Å². The van der Waals surface area contributed by atoms with E-state index in [4.69, 9.17) is 23.2 Å². The second-order valence-corrected chi connectivity index (χ2v) is 7.81. The van der Waals surface area contributed by atoms with Gasteiger partial charge in [-0.1, -0.05) is 23.2 Å². The van der Waals surface area contributed by atoms with Crippen LogP contribution in [0.1, 0.15) is 20.9 Å². The van der Waals surface area contributed by atoms with Crippen LogP contribution in [0.25, 0.3) is 0 Å². The maximum atomic E-state index is 12.7. The van der Waals surface area contributed by atoms with Gasteiger partial charge in [-0.25, -0.2) is 0 Å². The highest BCUT2D eigenvalue weighted by molar-refractivity contribution is 7.16. The fourth-order valence-electron chi connectivity index (χ4n) is 2.80. The van der Waals surface area contributed by atoms with Gasteiger partial charge in [-0.2, -0.15) is 5.10 Å². The normalized spacial score (nSPS) is 16.1. The largest absolute Gasteiger partial charge is 0.336 e. The number of carbonyl (C=O) groups excluding carboxylic acids is 1. The first-order chi connectivity index (χ1) is 11.0. The summed E-state index contributed by atoms with van der Waals surface area (Å²) in [5.74, 6) is -0.0283. The van der Waals surface area contributed by atoms with Crippen LogP contribution in [0, 0.1) is 6.92 Å². The molecule has 0 radical (unpaired) electrons. The van der Waals surface area contributed by atoms with E-state index in [1.54, 1.807) is 23.1 Å². The molecule has 1 aliphatic rings. The van der Waals surface area contributed by atoms with Gasteiger partial charge in [0.2, 0.25) is 0 Å². The third kappa shape index (κ3) is 3.55. The molecule has 3 heterocycles. The van der Waals surface area contributed by atoms with E-state index in [0.29, 0.717) is 29.5 Å². The second kappa shape index (κ2) is 6.81. The van der Waals surface area contributed by atoms with Crippen LogP contribution in [0.5, 0.6) is 0 Å². The number of hydrogen-bond donors (Lipinski definition) is 0. The lowest BCUT2D eigenvalue weighted by molar-refractivity contribution is 0.0629. The van der Waals surface area contributed by atoms with Gasteiger partial charge in [0.15, 0.2) is 0 Å². The summed E-state index contributed by atoms with van der Waals surface area (Å²) in [6.45, 7) is 5.78. The van der Waals surface area contributed by atoms with Gasteiger partial charge >= 0.3 is 0 Å². The van der Waals surface area contributed by atoms with Crippen molar-refractivity contribution in [3.05, 3.63) is 37.8 Å². The van der Waals surface area contributed by atoms with E-state index < -0.39 is 0 Å². The number of aromatic nitrogens is 2. The minimum absolute atomic E-state index is 0.0283. The van der Waals surface area contributed by atoms with Crippen molar-refractivity contribution in [2.75, 3.05) is 26.2 Å². The second-order valence-electron chi connectivity index (χ2n) is 5.65. The fourth-order valence-corrected chi connectivity index (χ4v) is 4.18. The highest BCUT2D eigenvalue weighted by Gasteiger charge is 2.27. The molecule has 1 aliphatic heterocycles. The minimum atomic E-state index is -0.0283. The van der Waals surface area contributed by atoms with E-state index in [0.717, 1.165) is 24.0 Å². The van der Waals surface area contributed by atoms with Gasteiger partial charge in [0.05, 0.1) is 15.6 Å². The molecule has 1 fully saturated rings. The standard InChI is InChI=1S/C15H18Cl2N4OS/c1-10-13(14(17)19(2)18-10)15(22)21-7-5-20(6-8-21)9-11-3-4-12(16)23-11/h3-4H,5-9H2,1-2H3. The zero-order chi connectivity index (χ0) is 16.6. The van der Waals surface area contributed by atoms with Gasteiger partial charge in [-0.15, -0.1) is 11.3 Å². The molecule has 0 atom stereocenters. The summed E-state index contributed by atoms with van der Waals surface area (Å²) in [4.78, 5) is 18.1. The van der Waals surface area contributed by atoms with E-state index in [1.807, 2.05) is 17.9 Å². The lowest BCUT2D eigenvalue weighted by Crippen LogP contribution is -2.48. The monoisotopic (exact) mass is 372 g/mol. The molecule has 8 heteroatoms. The summed E-state index contributed by atoms with van der Waals surface area (Å²) in [5.41, 5.74) is 1.20. The Balaban J connectivity index is 1.61. The van der Waals surface area contributed by atoms with Crippen LogP contribution in [-0.2, 0) is 13.6 Å². The number of aryl methyl sites for hydroxylation is 2. The van der Waals surface area contributed by atoms with Crippen LogP contribution in [0.15, 0.2) is 12.1 Å². The van der Waals surface area contributed by atoms with Crippen molar-refractivity contribution in [2.24, 2.45) is 7.05 Å². The number of amides is 1. The van der Waals surface area contributed by atoms with Crippen molar-refractivity contribution < 1.29 is 4.79 Å². The number of halogens is 2. The number of piperazine rings is 1. The fraction of sp³-hybridized carbons (Fsp3) is 0.467. The maximum absolute atomic E-state index is 12.7. The Labute approximate surface area is 149 Å². The molecule has 1 saturated heterocycles. The molecule has 0 saturated carbocycles. The number of rotatable bonds is 3. The van der Waals surface area contributed by atoms with Crippen molar-refractivity contribution in [2.45, 2.75) is 13.5 Å². The summed E-state index contributed by atoms with van der Waals surface area (Å²) in [6, 6.07) is 3.98. The molecule has 124 valence electrons. The van der Waals surface area contributed by atoms with Crippen molar-refractivity contribution >= 4 is 40.4 Å². The predicted octanol–water partition coefficient (Wildman–Crippen LogP) is 3.05. The molecule has 23 heavy (non-hydrogen) atoms. The predicted molar refractivity (Wildman–Crippen MR) is 93.5 cm³/mol. The first-order valence-corrected chi connectivity index (χ1v) is 8.98. The van der Waals surface area contributed by atoms with Gasteiger partial charge in [0.1, 0.15) is 5.15 Å². The molecule has 2 aromatic heterocycles. The van der Waals surface area contributed by atoms with Crippen LogP contribution in [-0.4, -0.2) is 51.7 Å². The molecule has 1 amide bonds. The quantitative estimate of drug-likeness (QED) is 0.831. The van der Waals surface area contributed by atoms with Crippen molar-refractivity contribution in [1.29, 1.82) is 0 Å². The van der Waals surface area contributed by atoms with Crippen molar-refractivity contribution in [3.63, 3.8) is 0 Å². The van der Waals surface area contributed by atoms with Crippen LogP contribution in [0.2, 0.25) is 9.49 Å². The Morgan fingerprint density at radius 3 is 2.48 bits per heavy atom. The molecule has 5 nitrogen and oxygen atoms in total. The molecule has 0 aliphatic carbocycles. The van der Waals surface area contributed by atoms with E-state index in [-0.39, 0.29) is 5.91 Å². The Morgan fingerprint density at radius 2 is 1.96 bits per heavy atom. The summed E-state index contributed by atoms with van der Waals surface area (Å²) in [5, 5.41) is 4.62. The first kappa shape index (κ1) is 16.8. The molecular weight excluding hydrogens is 355 g/mol. The number of thiophene rings is 1. The lowest BCUT2D eigenvalue weighted by Gasteiger charge is -2.34. The summed E-state index contributed by atoms with van der Waals surface area (Å²) < 4.78 is 2.36. The minimum Gasteiger partial charge on any atom is -0.336 e. The number of nitrogens with zero attached hydrogens (tertiary/aromatic N) is 4. The van der Waals surface area contributed by atoms with Gasteiger partial charge in [0, 0.05) is 44.6 Å². The molecule has 0 bridgehead atoms. The lowest BCUT2D eigenvalue weighted by atomic mass is 10.2. The van der Waals surface area contributed by atoms with Gasteiger partial charge in [0.25, 0.3) is 5.91 Å². The highest BCUT2D eigenvalue weighted by Crippen LogP contribution is 2.24. The molecule has 0 aromatic carbocycles. The van der Waals surface area contributed by atoms with Gasteiger partial charge < -0.3 is 4.90 Å². The molecule has 3 rings (SSSR count). The Kier molecular flexibility index (Phi) is 4.96. The number of carbonyl (C=O) groups is 1. The molecule has 0 unspecified atom stereocenters. The first-order valence-electron chi connectivity index (χ1n) is 7.40. The summed E-state index contributed by atoms with van der Waals surface area (Å²) in [7, 11) is 1.75. The van der Waals surface area contributed by atoms with Gasteiger partial charge in [-0.05, 0) is 19.1 Å². The smallest absolute Gasteiger partial charge is 0.258 e. The zero-order valence-corrected chi connectivity index (χ0v) is 15.4. The average Bonchev–Trinajstić information content (AvgIpc) is 3.03. The molecular formula is C15H18Cl2N4OS. The molecule has 2 aromatic rings. The van der Waals surface area contributed by atoms with E-state index in [2.05, 4.69) is 16.1 Å². The van der Waals surface area contributed by atoms with Crippen LogP contribution >= 0.6 is 34.5 Å². The summed E-state index contributed by atoms with van der Waals surface area (Å²) in [6.07, 6.45) is 0. The van der Waals surface area contributed by atoms with Crippen molar-refractivity contribution in [1.82, 2.24) is 19.6 Å². The highest BCUT2D eigenvalue weighted by atomic mass is 35.5. The van der Waals surface area contributed by atoms with Crippen LogP contribution in [0.3, 0.4) is 0 Å². The molecule has 0 N–H and O–H groups in total. The Hall–Kier alpha value is -1.08. The maximum Gasteiger partial charge on any atom is 0.258 e. The molecule has 0 spiro atoms. The van der Waals surface area contributed by atoms with E-state index >= 15 is 0 Å². The number of hydrogen-bond acceptors (Lipinski definition) is 4. The topological polar surface area (TPSA) is 41.4 Å². The van der Waals surface area contributed by atoms with Crippen LogP contribution < -0.4 is 0 Å². The van der Waals surface area contributed by atoms with Crippen molar-refractivity contribution in [3.8, 4) is 0 Å². The van der Waals surface area contributed by atoms with E-state index in [1.165, 1.54) is 4.88 Å². The van der Waals surface area contributed by atoms with Gasteiger partial charge in [-0.3, -0.25) is 14.4 Å². The zero-order valence-electron chi connectivity index (χ0n) is 13.1. The SMILES string of the molecule is Cc1nn(C)c(Cl)c1C(=O)N1CCN(Cc2ccc(Cl)s2)CC1. The Bertz CT molecular complexity index is 719. The van der Waals surface area contributed by atoms with Crippen LogP contribution in [0.4, 0.5) is 0 Å². The average molecular weight is 373 g/mol.